The summed E-state index contributed by atoms with van der Waals surface area (Å²) in [6.07, 6.45) is 8.25. The molecule has 2 amide bonds. The van der Waals surface area contributed by atoms with Crippen molar-refractivity contribution in [3.8, 4) is 0 Å². The highest BCUT2D eigenvalue weighted by Gasteiger charge is 2.16. The molecule has 0 spiro atoms. The number of rotatable bonds is 12. The number of allylic oxidation sites excluding steroid dienone is 1. The van der Waals surface area contributed by atoms with Gasteiger partial charge in [0.2, 0.25) is 0 Å². The lowest BCUT2D eigenvalue weighted by molar-refractivity contribution is 0.0929. The molecule has 0 saturated heterocycles. The molecule has 0 fully saturated rings. The lowest BCUT2D eigenvalue weighted by Crippen LogP contribution is -2.35. The van der Waals surface area contributed by atoms with E-state index in [1.54, 1.807) is 25.1 Å². The van der Waals surface area contributed by atoms with Crippen LogP contribution in [-0.2, 0) is 6.54 Å². The molecule has 1 aromatic carbocycles. The lowest BCUT2D eigenvalue weighted by Gasteiger charge is -2.17. The van der Waals surface area contributed by atoms with Crippen molar-refractivity contribution < 1.29 is 14.0 Å². The van der Waals surface area contributed by atoms with Crippen LogP contribution in [0.1, 0.15) is 64.7 Å². The maximum Gasteiger partial charge on any atom is 0.270 e. The van der Waals surface area contributed by atoms with Crippen molar-refractivity contribution in [2.24, 2.45) is 5.73 Å². The first-order valence-electron chi connectivity index (χ1n) is 11.0. The second kappa shape index (κ2) is 13.2. The molecule has 0 radical (unpaired) electrons. The summed E-state index contributed by atoms with van der Waals surface area (Å²) in [5.74, 6) is -1.12. The second-order valence-electron chi connectivity index (χ2n) is 7.93. The Morgan fingerprint density at radius 3 is 2.61 bits per heavy atom. The molecule has 0 aliphatic carbocycles. The highest BCUT2D eigenvalue weighted by molar-refractivity contribution is 5.97. The summed E-state index contributed by atoms with van der Waals surface area (Å²) in [6, 6.07) is 5.91. The van der Waals surface area contributed by atoms with Crippen LogP contribution in [0.3, 0.4) is 0 Å². The number of carbonyl (C=O) groups is 2. The zero-order valence-electron chi connectivity index (χ0n) is 19.2. The van der Waals surface area contributed by atoms with Crippen molar-refractivity contribution in [2.45, 2.75) is 52.1 Å². The van der Waals surface area contributed by atoms with Crippen molar-refractivity contribution >= 4 is 11.8 Å². The first-order chi connectivity index (χ1) is 15.8. The van der Waals surface area contributed by atoms with Crippen LogP contribution in [0, 0.1) is 12.7 Å². The Morgan fingerprint density at radius 1 is 1.21 bits per heavy atom. The standard InChI is InChI=1S/C25H32FN5O2/c1-4-7-20(9-6-5-8-17(2)14-27)31-25(33)23-13-22(29-16-30-23)24(32)28-15-19-10-11-21(26)18(3)12-19/h4,8,10-13,16,20H,1,5-7,9,14-15,27H2,2-3H3,(H,28,32)(H,31,33)/b17-8+. The molecule has 2 aromatic rings. The van der Waals surface area contributed by atoms with Gasteiger partial charge in [-0.2, -0.15) is 0 Å². The normalized spacial score (nSPS) is 12.2. The Morgan fingerprint density at radius 2 is 1.94 bits per heavy atom. The zero-order chi connectivity index (χ0) is 24.2. The topological polar surface area (TPSA) is 110 Å². The average Bonchev–Trinajstić information content (AvgIpc) is 2.82. The van der Waals surface area contributed by atoms with Gasteiger partial charge in [0.1, 0.15) is 23.5 Å². The highest BCUT2D eigenvalue weighted by atomic mass is 19.1. The van der Waals surface area contributed by atoms with Gasteiger partial charge in [0, 0.05) is 25.2 Å². The number of unbranched alkanes of at least 4 members (excludes halogenated alkanes) is 1. The van der Waals surface area contributed by atoms with Crippen molar-refractivity contribution in [3.63, 3.8) is 0 Å². The summed E-state index contributed by atoms with van der Waals surface area (Å²) in [6.45, 7) is 8.17. The number of nitrogens with two attached hydrogens (primary N) is 1. The predicted octanol–water partition coefficient (Wildman–Crippen LogP) is 3.60. The van der Waals surface area contributed by atoms with Crippen molar-refractivity contribution in [3.05, 3.63) is 83.2 Å². The fraction of sp³-hybridized carbons (Fsp3) is 0.360. The van der Waals surface area contributed by atoms with Gasteiger partial charge < -0.3 is 16.4 Å². The van der Waals surface area contributed by atoms with E-state index in [-0.39, 0.29) is 35.7 Å². The number of carbonyl (C=O) groups excluding carboxylic acids is 2. The number of aryl methyl sites for hydroxylation is 1. The van der Waals surface area contributed by atoms with Gasteiger partial charge in [0.15, 0.2) is 0 Å². The molecule has 0 aliphatic rings. The molecule has 1 heterocycles. The van der Waals surface area contributed by atoms with Gasteiger partial charge in [0.25, 0.3) is 11.8 Å². The van der Waals surface area contributed by atoms with Crippen molar-refractivity contribution in [2.75, 3.05) is 6.54 Å². The highest BCUT2D eigenvalue weighted by Crippen LogP contribution is 2.10. The molecule has 8 heteroatoms. The van der Waals surface area contributed by atoms with Gasteiger partial charge in [-0.3, -0.25) is 9.59 Å². The molecule has 1 atom stereocenters. The van der Waals surface area contributed by atoms with Gasteiger partial charge in [0.05, 0.1) is 0 Å². The smallest absolute Gasteiger partial charge is 0.270 e. The molecule has 176 valence electrons. The van der Waals surface area contributed by atoms with Crippen LogP contribution >= 0.6 is 0 Å². The molecule has 2 rings (SSSR count). The Kier molecular flexibility index (Phi) is 10.4. The molecule has 33 heavy (non-hydrogen) atoms. The van der Waals surface area contributed by atoms with E-state index in [0.717, 1.165) is 30.4 Å². The first-order valence-corrected chi connectivity index (χ1v) is 11.0. The second-order valence-corrected chi connectivity index (χ2v) is 7.93. The van der Waals surface area contributed by atoms with E-state index < -0.39 is 5.91 Å². The fourth-order valence-corrected chi connectivity index (χ4v) is 3.20. The zero-order valence-corrected chi connectivity index (χ0v) is 19.2. The largest absolute Gasteiger partial charge is 0.348 e. The van der Waals surface area contributed by atoms with Crippen LogP contribution in [0.4, 0.5) is 4.39 Å². The summed E-state index contributed by atoms with van der Waals surface area (Å²) < 4.78 is 13.4. The molecular weight excluding hydrogens is 421 g/mol. The van der Waals surface area contributed by atoms with E-state index >= 15 is 0 Å². The summed E-state index contributed by atoms with van der Waals surface area (Å²) in [5.41, 5.74) is 8.19. The maximum atomic E-state index is 13.4. The van der Waals surface area contributed by atoms with Crippen LogP contribution in [0.5, 0.6) is 0 Å². The Bertz CT molecular complexity index is 1010. The molecule has 1 unspecified atom stereocenters. The number of hydrogen-bond acceptors (Lipinski definition) is 5. The van der Waals surface area contributed by atoms with Crippen LogP contribution in [0.2, 0.25) is 0 Å². The van der Waals surface area contributed by atoms with E-state index in [1.165, 1.54) is 18.5 Å². The van der Waals surface area contributed by atoms with Gasteiger partial charge in [-0.1, -0.05) is 29.9 Å². The number of halogens is 1. The molecule has 4 N–H and O–H groups in total. The van der Waals surface area contributed by atoms with E-state index in [4.69, 9.17) is 5.73 Å². The quantitative estimate of drug-likeness (QED) is 0.336. The Balaban J connectivity index is 1.96. The molecule has 1 aromatic heterocycles. The minimum absolute atomic E-state index is 0.0802. The van der Waals surface area contributed by atoms with Gasteiger partial charge in [-0.15, -0.1) is 6.58 Å². The van der Waals surface area contributed by atoms with Crippen LogP contribution < -0.4 is 16.4 Å². The number of aromatic nitrogens is 2. The molecule has 0 saturated carbocycles. The van der Waals surface area contributed by atoms with E-state index in [9.17, 15) is 14.0 Å². The van der Waals surface area contributed by atoms with E-state index in [2.05, 4.69) is 33.3 Å². The van der Waals surface area contributed by atoms with Crippen LogP contribution in [0.25, 0.3) is 0 Å². The minimum Gasteiger partial charge on any atom is -0.348 e. The third-order valence-corrected chi connectivity index (χ3v) is 5.17. The summed E-state index contributed by atoms with van der Waals surface area (Å²) in [5, 5.41) is 5.69. The summed E-state index contributed by atoms with van der Waals surface area (Å²) in [7, 11) is 0. The van der Waals surface area contributed by atoms with Crippen molar-refractivity contribution in [1.29, 1.82) is 0 Å². The molecule has 7 nitrogen and oxygen atoms in total. The average molecular weight is 454 g/mol. The number of nitrogens with zero attached hydrogens (tertiary/aromatic N) is 2. The lowest BCUT2D eigenvalue weighted by atomic mass is 10.0. The number of hydrogen-bond donors (Lipinski definition) is 3. The van der Waals surface area contributed by atoms with Gasteiger partial charge in [-0.25, -0.2) is 14.4 Å². The summed E-state index contributed by atoms with van der Waals surface area (Å²) >= 11 is 0. The van der Waals surface area contributed by atoms with Crippen LogP contribution in [-0.4, -0.2) is 34.4 Å². The maximum absolute atomic E-state index is 13.4. The minimum atomic E-state index is -0.446. The Hall–Kier alpha value is -3.39. The number of nitrogens with one attached hydrogen (secondary N) is 2. The predicted molar refractivity (Wildman–Crippen MR) is 127 cm³/mol. The Labute approximate surface area is 194 Å². The van der Waals surface area contributed by atoms with Gasteiger partial charge >= 0.3 is 0 Å². The molecular formula is C25H32FN5O2. The SMILES string of the molecule is C=CCC(CCC/C=C(\C)CN)NC(=O)c1cc(C(=O)NCc2ccc(F)c(C)c2)ncn1. The van der Waals surface area contributed by atoms with E-state index in [1.807, 2.05) is 6.92 Å². The number of benzene rings is 1. The van der Waals surface area contributed by atoms with Crippen molar-refractivity contribution in [1.82, 2.24) is 20.6 Å². The third-order valence-electron chi connectivity index (χ3n) is 5.17. The molecule has 0 aliphatic heterocycles. The van der Waals surface area contributed by atoms with Crippen LogP contribution in [0.15, 0.2) is 54.9 Å². The monoisotopic (exact) mass is 453 g/mol. The van der Waals surface area contributed by atoms with Gasteiger partial charge in [-0.05, 0) is 56.7 Å². The first kappa shape index (κ1) is 25.9. The fourth-order valence-electron chi connectivity index (χ4n) is 3.20. The third kappa shape index (κ3) is 8.57. The number of amides is 2. The molecule has 0 bridgehead atoms. The van der Waals surface area contributed by atoms with E-state index in [0.29, 0.717) is 18.5 Å². The summed E-state index contributed by atoms with van der Waals surface area (Å²) in [4.78, 5) is 33.2.